The Hall–Kier alpha value is -1.32. The quantitative estimate of drug-likeness (QED) is 0.886. The minimum atomic E-state index is -3.83. The number of sulfonamides is 1. The fraction of sp³-hybridized carbons (Fsp3) is 0.125. The number of rotatable bonds is 3. The molecule has 0 saturated heterocycles. The first-order chi connectivity index (χ1) is 6.94. The van der Waals surface area contributed by atoms with Crippen LogP contribution < -0.4 is 4.72 Å². The Balaban J connectivity index is 3.00. The summed E-state index contributed by atoms with van der Waals surface area (Å²) in [5.41, 5.74) is -0.266. The van der Waals surface area contributed by atoms with Gasteiger partial charge in [-0.2, -0.15) is 5.26 Å². The van der Waals surface area contributed by atoms with E-state index in [0.717, 1.165) is 12.1 Å². The van der Waals surface area contributed by atoms with Gasteiger partial charge in [0.2, 0.25) is 10.0 Å². The zero-order valence-corrected chi connectivity index (χ0v) is 8.94. The molecule has 0 amide bonds. The molecule has 0 aliphatic rings. The standard InChI is InChI=1S/C8H6ClFN2O2S/c9-6-1-2-7(10)8(5-6)12-15(13,14)4-3-11/h1-2,5,12H,4H2. The number of nitriles is 1. The first-order valence-corrected chi connectivity index (χ1v) is 5.80. The lowest BCUT2D eigenvalue weighted by molar-refractivity contribution is 0.601. The normalized spacial score (nSPS) is 10.7. The van der Waals surface area contributed by atoms with Gasteiger partial charge in [0.25, 0.3) is 0 Å². The maximum atomic E-state index is 13.1. The fourth-order valence-electron chi connectivity index (χ4n) is 0.864. The molecule has 0 bridgehead atoms. The van der Waals surface area contributed by atoms with E-state index >= 15 is 0 Å². The van der Waals surface area contributed by atoms with Crippen LogP contribution in [0.25, 0.3) is 0 Å². The molecule has 0 atom stereocenters. The Bertz CT molecular complexity index is 510. The Morgan fingerprint density at radius 1 is 1.53 bits per heavy atom. The largest absolute Gasteiger partial charge is 0.280 e. The van der Waals surface area contributed by atoms with Crippen LogP contribution in [0.2, 0.25) is 5.02 Å². The van der Waals surface area contributed by atoms with E-state index < -0.39 is 21.6 Å². The number of hydrogen-bond donors (Lipinski definition) is 1. The molecule has 0 saturated carbocycles. The smallest absolute Gasteiger partial charge is 0.246 e. The van der Waals surface area contributed by atoms with Gasteiger partial charge in [-0.05, 0) is 18.2 Å². The Morgan fingerprint density at radius 2 is 2.20 bits per heavy atom. The number of nitrogens with one attached hydrogen (secondary N) is 1. The Kier molecular flexibility index (Phi) is 3.50. The first-order valence-electron chi connectivity index (χ1n) is 3.77. The number of hydrogen-bond acceptors (Lipinski definition) is 3. The number of nitrogens with zero attached hydrogens (tertiary/aromatic N) is 1. The minimum Gasteiger partial charge on any atom is -0.280 e. The molecule has 0 fully saturated rings. The van der Waals surface area contributed by atoms with Crippen LogP contribution in [0.3, 0.4) is 0 Å². The molecular weight excluding hydrogens is 243 g/mol. The summed E-state index contributed by atoms with van der Waals surface area (Å²) in [7, 11) is -3.83. The van der Waals surface area contributed by atoms with Crippen molar-refractivity contribution < 1.29 is 12.8 Å². The second-order valence-corrected chi connectivity index (χ2v) is 4.80. The van der Waals surface area contributed by atoms with Crippen LogP contribution in [-0.4, -0.2) is 14.2 Å². The highest BCUT2D eigenvalue weighted by molar-refractivity contribution is 7.92. The van der Waals surface area contributed by atoms with Crippen molar-refractivity contribution in [3.63, 3.8) is 0 Å². The predicted molar refractivity (Wildman–Crippen MR) is 54.4 cm³/mol. The zero-order chi connectivity index (χ0) is 11.5. The SMILES string of the molecule is N#CCS(=O)(=O)Nc1cc(Cl)ccc1F. The summed E-state index contributed by atoms with van der Waals surface area (Å²) in [5, 5.41) is 8.41. The molecule has 1 N–H and O–H groups in total. The van der Waals surface area contributed by atoms with Gasteiger partial charge in [0.15, 0.2) is 5.75 Å². The molecule has 15 heavy (non-hydrogen) atoms. The van der Waals surface area contributed by atoms with Crippen molar-refractivity contribution in [1.82, 2.24) is 0 Å². The van der Waals surface area contributed by atoms with Gasteiger partial charge in [-0.1, -0.05) is 11.6 Å². The molecule has 4 nitrogen and oxygen atoms in total. The molecule has 0 unspecified atom stereocenters. The van der Waals surface area contributed by atoms with E-state index in [9.17, 15) is 12.8 Å². The molecule has 0 aliphatic carbocycles. The van der Waals surface area contributed by atoms with Crippen molar-refractivity contribution in [1.29, 1.82) is 5.26 Å². The van der Waals surface area contributed by atoms with Crippen LogP contribution in [0.1, 0.15) is 0 Å². The van der Waals surface area contributed by atoms with Crippen LogP contribution in [0, 0.1) is 17.1 Å². The summed E-state index contributed by atoms with van der Waals surface area (Å²) >= 11 is 5.56. The molecule has 80 valence electrons. The topological polar surface area (TPSA) is 70.0 Å². The van der Waals surface area contributed by atoms with Gasteiger partial charge < -0.3 is 0 Å². The molecule has 7 heteroatoms. The Labute approximate surface area is 91.3 Å². The molecule has 1 aromatic carbocycles. The monoisotopic (exact) mass is 248 g/mol. The van der Waals surface area contributed by atoms with Crippen molar-refractivity contribution in [2.75, 3.05) is 10.5 Å². The third-order valence-corrected chi connectivity index (χ3v) is 2.72. The highest BCUT2D eigenvalue weighted by Crippen LogP contribution is 2.20. The summed E-state index contributed by atoms with van der Waals surface area (Å²) in [5.74, 6) is -1.49. The van der Waals surface area contributed by atoms with Crippen molar-refractivity contribution in [3.8, 4) is 6.07 Å². The first kappa shape index (κ1) is 11.8. The van der Waals surface area contributed by atoms with Gasteiger partial charge in [-0.15, -0.1) is 0 Å². The van der Waals surface area contributed by atoms with E-state index in [4.69, 9.17) is 16.9 Å². The third kappa shape index (κ3) is 3.38. The van der Waals surface area contributed by atoms with Crippen LogP contribution in [0.15, 0.2) is 18.2 Å². The van der Waals surface area contributed by atoms with Crippen molar-refractivity contribution >= 4 is 27.3 Å². The molecular formula is C8H6ClFN2O2S. The van der Waals surface area contributed by atoms with Crippen molar-refractivity contribution in [2.24, 2.45) is 0 Å². The highest BCUT2D eigenvalue weighted by atomic mass is 35.5. The van der Waals surface area contributed by atoms with E-state index in [-0.39, 0.29) is 10.7 Å². The zero-order valence-electron chi connectivity index (χ0n) is 7.37. The second-order valence-electron chi connectivity index (χ2n) is 2.64. The molecule has 1 aromatic rings. The number of anilines is 1. The Morgan fingerprint density at radius 3 is 2.80 bits per heavy atom. The lowest BCUT2D eigenvalue weighted by Gasteiger charge is -2.06. The minimum absolute atomic E-state index is 0.200. The summed E-state index contributed by atoms with van der Waals surface area (Å²) in [6.07, 6.45) is 0. The summed E-state index contributed by atoms with van der Waals surface area (Å²) in [6, 6.07) is 4.91. The highest BCUT2D eigenvalue weighted by Gasteiger charge is 2.12. The maximum absolute atomic E-state index is 13.1. The summed E-state index contributed by atoms with van der Waals surface area (Å²) < 4.78 is 37.2. The van der Waals surface area contributed by atoms with Gasteiger partial charge in [0, 0.05) is 5.02 Å². The average Bonchev–Trinajstić information content (AvgIpc) is 2.10. The van der Waals surface area contributed by atoms with Crippen LogP contribution in [-0.2, 0) is 10.0 Å². The lowest BCUT2D eigenvalue weighted by Crippen LogP contribution is -2.16. The lowest BCUT2D eigenvalue weighted by atomic mass is 10.3. The van der Waals surface area contributed by atoms with E-state index in [1.807, 2.05) is 4.72 Å². The van der Waals surface area contributed by atoms with Gasteiger partial charge >= 0.3 is 0 Å². The molecule has 0 aromatic heterocycles. The maximum Gasteiger partial charge on any atom is 0.246 e. The third-order valence-electron chi connectivity index (χ3n) is 1.45. The number of benzene rings is 1. The van der Waals surface area contributed by atoms with Gasteiger partial charge in [-0.25, -0.2) is 12.8 Å². The van der Waals surface area contributed by atoms with E-state index in [1.54, 1.807) is 0 Å². The van der Waals surface area contributed by atoms with Gasteiger partial charge in [-0.3, -0.25) is 4.72 Å². The molecule has 0 radical (unpaired) electrons. The average molecular weight is 249 g/mol. The van der Waals surface area contributed by atoms with E-state index in [2.05, 4.69) is 0 Å². The fourth-order valence-corrected chi connectivity index (χ4v) is 1.77. The van der Waals surface area contributed by atoms with Gasteiger partial charge in [0.1, 0.15) is 5.82 Å². The van der Waals surface area contributed by atoms with Gasteiger partial charge in [0.05, 0.1) is 11.8 Å². The van der Waals surface area contributed by atoms with E-state index in [1.165, 1.54) is 12.1 Å². The molecule has 0 heterocycles. The van der Waals surface area contributed by atoms with Crippen LogP contribution in [0.4, 0.5) is 10.1 Å². The van der Waals surface area contributed by atoms with E-state index in [0.29, 0.717) is 0 Å². The van der Waals surface area contributed by atoms with Crippen molar-refractivity contribution in [2.45, 2.75) is 0 Å². The number of halogens is 2. The van der Waals surface area contributed by atoms with Crippen molar-refractivity contribution in [3.05, 3.63) is 29.0 Å². The van der Waals surface area contributed by atoms with Crippen LogP contribution >= 0.6 is 11.6 Å². The molecule has 1 rings (SSSR count). The predicted octanol–water partition coefficient (Wildman–Crippen LogP) is 1.74. The van der Waals surface area contributed by atoms with Crippen LogP contribution in [0.5, 0.6) is 0 Å². The summed E-state index contributed by atoms with van der Waals surface area (Å²) in [6.45, 7) is 0. The molecule has 0 aliphatic heterocycles. The molecule has 0 spiro atoms. The second kappa shape index (κ2) is 4.47. The summed E-state index contributed by atoms with van der Waals surface area (Å²) in [4.78, 5) is 0.